The van der Waals surface area contributed by atoms with E-state index in [2.05, 4.69) is 6.92 Å². The summed E-state index contributed by atoms with van der Waals surface area (Å²) in [7, 11) is 0. The zero-order valence-electron chi connectivity index (χ0n) is 16.8. The van der Waals surface area contributed by atoms with Gasteiger partial charge in [-0.25, -0.2) is 0 Å². The minimum atomic E-state index is -1.08. The van der Waals surface area contributed by atoms with Crippen LogP contribution in [0.15, 0.2) is 54.6 Å². The third kappa shape index (κ3) is 7.97. The largest absolute Gasteiger partial charge is 0.380 e. The summed E-state index contributed by atoms with van der Waals surface area (Å²) in [5, 5.41) is 10.1. The number of hydrogen-bond acceptors (Lipinski definition) is 4. The molecular weight excluding hydrogens is 352 g/mol. The molecule has 0 bridgehead atoms. The minimum absolute atomic E-state index is 0.237. The predicted octanol–water partition coefficient (Wildman–Crippen LogP) is 4.89. The van der Waals surface area contributed by atoms with Crippen LogP contribution in [-0.2, 0) is 16.0 Å². The SMILES string of the molecule is CCCCCCC(=O)C=O.CCc1ccccc1C(=O)C(O)c1ccccc1. The van der Waals surface area contributed by atoms with E-state index in [0.29, 0.717) is 23.8 Å². The van der Waals surface area contributed by atoms with Gasteiger partial charge < -0.3 is 5.11 Å². The molecule has 1 atom stereocenters. The number of carbonyl (C=O) groups is 3. The van der Waals surface area contributed by atoms with Gasteiger partial charge in [0.2, 0.25) is 0 Å². The van der Waals surface area contributed by atoms with Crippen molar-refractivity contribution in [3.05, 3.63) is 71.3 Å². The third-order valence-electron chi connectivity index (χ3n) is 4.44. The van der Waals surface area contributed by atoms with E-state index in [1.807, 2.05) is 43.3 Å². The van der Waals surface area contributed by atoms with Crippen LogP contribution >= 0.6 is 0 Å². The van der Waals surface area contributed by atoms with Crippen molar-refractivity contribution in [3.63, 3.8) is 0 Å². The number of Topliss-reactive ketones (excluding diaryl/α,β-unsaturated/α-hetero) is 2. The van der Waals surface area contributed by atoms with E-state index in [1.165, 1.54) is 0 Å². The fraction of sp³-hybridized carbons (Fsp3) is 0.375. The van der Waals surface area contributed by atoms with E-state index in [9.17, 15) is 19.5 Å². The van der Waals surface area contributed by atoms with E-state index >= 15 is 0 Å². The van der Waals surface area contributed by atoms with Crippen molar-refractivity contribution in [2.24, 2.45) is 0 Å². The van der Waals surface area contributed by atoms with Gasteiger partial charge in [-0.3, -0.25) is 14.4 Å². The molecule has 0 saturated heterocycles. The van der Waals surface area contributed by atoms with Crippen LogP contribution in [0.5, 0.6) is 0 Å². The summed E-state index contributed by atoms with van der Waals surface area (Å²) in [6.45, 7) is 4.11. The van der Waals surface area contributed by atoms with E-state index in [4.69, 9.17) is 0 Å². The first-order chi connectivity index (χ1) is 13.5. The average molecular weight is 383 g/mol. The van der Waals surface area contributed by atoms with Crippen molar-refractivity contribution in [2.45, 2.75) is 58.5 Å². The van der Waals surface area contributed by atoms with Gasteiger partial charge in [-0.05, 0) is 24.0 Å². The van der Waals surface area contributed by atoms with Gasteiger partial charge in [0.1, 0.15) is 6.10 Å². The lowest BCUT2D eigenvalue weighted by Crippen LogP contribution is -2.14. The number of aldehydes is 1. The van der Waals surface area contributed by atoms with Gasteiger partial charge in [0.15, 0.2) is 17.9 Å². The molecular formula is C24H30O4. The second-order valence-corrected chi connectivity index (χ2v) is 6.58. The Labute approximate surface area is 167 Å². The molecule has 1 N–H and O–H groups in total. The highest BCUT2D eigenvalue weighted by atomic mass is 16.3. The van der Waals surface area contributed by atoms with Crippen molar-refractivity contribution in [1.29, 1.82) is 0 Å². The standard InChI is InChI=1S/C16H16O2.C8H14O2/c1-2-12-8-6-7-11-14(12)16(18)15(17)13-9-4-3-5-10-13;1-2-3-4-5-6-8(10)7-9/h3-11,15,17H,2H2,1H3;7H,2-6H2,1H3. The molecule has 0 fully saturated rings. The van der Waals surface area contributed by atoms with Gasteiger partial charge in [-0.1, -0.05) is 87.7 Å². The minimum Gasteiger partial charge on any atom is -0.380 e. The Balaban J connectivity index is 0.000000336. The fourth-order valence-electron chi connectivity index (χ4n) is 2.79. The van der Waals surface area contributed by atoms with Crippen LogP contribution in [0.3, 0.4) is 0 Å². The van der Waals surface area contributed by atoms with Crippen LogP contribution in [0, 0.1) is 0 Å². The highest BCUT2D eigenvalue weighted by molar-refractivity contribution is 6.24. The normalized spacial score (nSPS) is 11.1. The Morgan fingerprint density at radius 1 is 0.929 bits per heavy atom. The van der Waals surface area contributed by atoms with Gasteiger partial charge in [0.25, 0.3) is 0 Å². The highest BCUT2D eigenvalue weighted by Gasteiger charge is 2.20. The molecule has 0 aromatic heterocycles. The summed E-state index contributed by atoms with van der Waals surface area (Å²) in [5.74, 6) is -0.505. The molecule has 28 heavy (non-hydrogen) atoms. The Hall–Kier alpha value is -2.59. The van der Waals surface area contributed by atoms with Crippen LogP contribution in [0.25, 0.3) is 0 Å². The number of carbonyl (C=O) groups excluding carboxylic acids is 3. The maximum absolute atomic E-state index is 12.3. The lowest BCUT2D eigenvalue weighted by molar-refractivity contribution is -0.129. The number of ketones is 2. The van der Waals surface area contributed by atoms with Crippen LogP contribution in [-0.4, -0.2) is 23.0 Å². The van der Waals surface area contributed by atoms with E-state index < -0.39 is 6.10 Å². The van der Waals surface area contributed by atoms with Gasteiger partial charge in [0, 0.05) is 12.0 Å². The van der Waals surface area contributed by atoms with Gasteiger partial charge >= 0.3 is 0 Å². The maximum Gasteiger partial charge on any atom is 0.196 e. The second-order valence-electron chi connectivity index (χ2n) is 6.58. The quantitative estimate of drug-likeness (QED) is 0.275. The number of benzene rings is 2. The molecule has 0 radical (unpaired) electrons. The number of unbranched alkanes of at least 4 members (excludes halogenated alkanes) is 3. The lowest BCUT2D eigenvalue weighted by Gasteiger charge is -2.12. The average Bonchev–Trinajstić information content (AvgIpc) is 2.76. The van der Waals surface area contributed by atoms with E-state index in [0.717, 1.165) is 37.7 Å². The summed E-state index contributed by atoms with van der Waals surface area (Å²) in [5.41, 5.74) is 2.21. The summed E-state index contributed by atoms with van der Waals surface area (Å²) < 4.78 is 0. The van der Waals surface area contributed by atoms with Crippen LogP contribution in [0.2, 0.25) is 0 Å². The number of hydrogen-bond donors (Lipinski definition) is 1. The van der Waals surface area contributed by atoms with Crippen molar-refractivity contribution < 1.29 is 19.5 Å². The summed E-state index contributed by atoms with van der Waals surface area (Å²) >= 11 is 0. The van der Waals surface area contributed by atoms with Crippen LogP contribution in [0.1, 0.15) is 73.5 Å². The first-order valence-electron chi connectivity index (χ1n) is 9.88. The molecule has 0 aliphatic carbocycles. The summed E-state index contributed by atoms with van der Waals surface area (Å²) in [6, 6.07) is 16.4. The molecule has 0 amide bonds. The molecule has 2 aromatic rings. The lowest BCUT2D eigenvalue weighted by atomic mass is 9.95. The Morgan fingerprint density at radius 2 is 1.57 bits per heavy atom. The smallest absolute Gasteiger partial charge is 0.196 e. The fourth-order valence-corrected chi connectivity index (χ4v) is 2.79. The number of aryl methyl sites for hydroxylation is 1. The van der Waals surface area contributed by atoms with Gasteiger partial charge in [-0.15, -0.1) is 0 Å². The van der Waals surface area contributed by atoms with Crippen molar-refractivity contribution in [1.82, 2.24) is 0 Å². The van der Waals surface area contributed by atoms with Gasteiger partial charge in [-0.2, -0.15) is 0 Å². The number of aliphatic hydroxyl groups is 1. The van der Waals surface area contributed by atoms with Crippen molar-refractivity contribution in [3.8, 4) is 0 Å². The third-order valence-corrected chi connectivity index (χ3v) is 4.44. The second kappa shape index (κ2) is 13.6. The zero-order chi connectivity index (χ0) is 20.8. The van der Waals surface area contributed by atoms with Crippen LogP contribution in [0.4, 0.5) is 0 Å². The molecule has 2 rings (SSSR count). The Morgan fingerprint density at radius 3 is 2.18 bits per heavy atom. The van der Waals surface area contributed by atoms with Crippen LogP contribution < -0.4 is 0 Å². The van der Waals surface area contributed by atoms with E-state index in [1.54, 1.807) is 18.2 Å². The molecule has 150 valence electrons. The predicted molar refractivity (Wildman–Crippen MR) is 111 cm³/mol. The number of aliphatic hydroxyl groups excluding tert-OH is 1. The number of rotatable bonds is 10. The molecule has 4 nitrogen and oxygen atoms in total. The highest BCUT2D eigenvalue weighted by Crippen LogP contribution is 2.20. The molecule has 2 aromatic carbocycles. The molecule has 0 spiro atoms. The van der Waals surface area contributed by atoms with Crippen molar-refractivity contribution >= 4 is 17.9 Å². The molecule has 1 unspecified atom stereocenters. The maximum atomic E-state index is 12.3. The first-order valence-corrected chi connectivity index (χ1v) is 9.88. The molecule has 0 aliphatic rings. The molecule has 0 heterocycles. The summed E-state index contributed by atoms with van der Waals surface area (Å²) in [6.07, 6.45) is 4.79. The Bertz CT molecular complexity index is 737. The topological polar surface area (TPSA) is 71.4 Å². The molecule has 0 aliphatic heterocycles. The Kier molecular flexibility index (Phi) is 11.4. The van der Waals surface area contributed by atoms with Crippen molar-refractivity contribution in [2.75, 3.05) is 0 Å². The molecule has 0 saturated carbocycles. The molecule has 4 heteroatoms. The van der Waals surface area contributed by atoms with E-state index in [-0.39, 0.29) is 11.6 Å². The summed E-state index contributed by atoms with van der Waals surface area (Å²) in [4.78, 5) is 32.5. The first kappa shape index (κ1) is 23.4. The monoisotopic (exact) mass is 382 g/mol. The van der Waals surface area contributed by atoms with Gasteiger partial charge in [0.05, 0.1) is 0 Å². The zero-order valence-corrected chi connectivity index (χ0v) is 16.8.